The van der Waals surface area contributed by atoms with E-state index in [1.54, 1.807) is 12.1 Å². The molecule has 0 aliphatic carbocycles. The zero-order valence-corrected chi connectivity index (χ0v) is 12.9. The highest BCUT2D eigenvalue weighted by Crippen LogP contribution is 2.15. The second-order valence-corrected chi connectivity index (χ2v) is 5.27. The first-order chi connectivity index (χ1) is 12.0. The second kappa shape index (κ2) is 6.79. The van der Waals surface area contributed by atoms with Crippen LogP contribution in [-0.4, -0.2) is 16.7 Å². The molecule has 7 nitrogen and oxygen atoms in total. The van der Waals surface area contributed by atoms with Crippen LogP contribution in [0.2, 0.25) is 0 Å². The molecule has 0 aliphatic heterocycles. The summed E-state index contributed by atoms with van der Waals surface area (Å²) in [5.74, 6) is -1.02. The van der Waals surface area contributed by atoms with Gasteiger partial charge < -0.3 is 0 Å². The maximum Gasteiger partial charge on any atom is 0.269 e. The van der Waals surface area contributed by atoms with Crippen LogP contribution in [0.15, 0.2) is 66.7 Å². The highest BCUT2D eigenvalue weighted by molar-refractivity contribution is 6.01. The average Bonchev–Trinajstić information content (AvgIpc) is 2.65. The van der Waals surface area contributed by atoms with E-state index in [4.69, 9.17) is 0 Å². The van der Waals surface area contributed by atoms with Crippen molar-refractivity contribution in [1.82, 2.24) is 10.9 Å². The number of carbonyl (C=O) groups excluding carboxylic acids is 2. The Labute approximate surface area is 142 Å². The topological polar surface area (TPSA) is 101 Å². The van der Waals surface area contributed by atoms with Gasteiger partial charge in [-0.3, -0.25) is 30.6 Å². The van der Waals surface area contributed by atoms with Gasteiger partial charge in [0.15, 0.2) is 0 Å². The number of rotatable bonds is 3. The quantitative estimate of drug-likeness (QED) is 0.567. The van der Waals surface area contributed by atoms with Gasteiger partial charge in [-0.2, -0.15) is 0 Å². The van der Waals surface area contributed by atoms with Gasteiger partial charge in [0.2, 0.25) is 0 Å². The van der Waals surface area contributed by atoms with Crippen molar-refractivity contribution in [2.45, 2.75) is 0 Å². The van der Waals surface area contributed by atoms with Crippen LogP contribution in [-0.2, 0) is 0 Å². The molecule has 3 aromatic carbocycles. The van der Waals surface area contributed by atoms with Crippen molar-refractivity contribution < 1.29 is 14.5 Å². The van der Waals surface area contributed by atoms with Crippen LogP contribution in [0.3, 0.4) is 0 Å². The first-order valence-corrected chi connectivity index (χ1v) is 7.38. The Balaban J connectivity index is 1.66. The third kappa shape index (κ3) is 3.61. The van der Waals surface area contributed by atoms with E-state index in [1.807, 2.05) is 30.3 Å². The van der Waals surface area contributed by atoms with Crippen molar-refractivity contribution in [3.8, 4) is 0 Å². The normalized spacial score (nSPS) is 10.2. The molecule has 0 heterocycles. The molecule has 0 fully saturated rings. The lowest BCUT2D eigenvalue weighted by atomic mass is 10.1. The smallest absolute Gasteiger partial charge is 0.267 e. The number of nitro benzene ring substituents is 1. The van der Waals surface area contributed by atoms with Crippen molar-refractivity contribution in [1.29, 1.82) is 0 Å². The Morgan fingerprint density at radius 1 is 0.760 bits per heavy atom. The minimum atomic E-state index is -0.566. The number of nitro groups is 1. The molecule has 0 saturated carbocycles. The molecule has 0 spiro atoms. The van der Waals surface area contributed by atoms with Gasteiger partial charge >= 0.3 is 0 Å². The largest absolute Gasteiger partial charge is 0.269 e. The molecular weight excluding hydrogens is 322 g/mol. The maximum atomic E-state index is 12.2. The number of nitrogens with one attached hydrogen (secondary N) is 2. The van der Waals surface area contributed by atoms with Gasteiger partial charge in [-0.25, -0.2) is 0 Å². The fraction of sp³-hybridized carbons (Fsp3) is 0. The van der Waals surface area contributed by atoms with E-state index >= 15 is 0 Å². The van der Waals surface area contributed by atoms with Crippen molar-refractivity contribution in [2.75, 3.05) is 0 Å². The summed E-state index contributed by atoms with van der Waals surface area (Å²) in [6.45, 7) is 0. The van der Waals surface area contributed by atoms with Crippen molar-refractivity contribution in [3.63, 3.8) is 0 Å². The Hall–Kier alpha value is -3.74. The molecule has 0 bridgehead atoms. The van der Waals surface area contributed by atoms with E-state index < -0.39 is 16.7 Å². The summed E-state index contributed by atoms with van der Waals surface area (Å²) in [6, 6.07) is 17.9. The summed E-state index contributed by atoms with van der Waals surface area (Å²) in [5, 5.41) is 12.5. The van der Waals surface area contributed by atoms with E-state index in [1.165, 1.54) is 24.3 Å². The zero-order chi connectivity index (χ0) is 17.8. The molecule has 124 valence electrons. The number of benzene rings is 3. The second-order valence-electron chi connectivity index (χ2n) is 5.27. The van der Waals surface area contributed by atoms with Gasteiger partial charge in [-0.05, 0) is 35.0 Å². The lowest BCUT2D eigenvalue weighted by molar-refractivity contribution is -0.384. The number of hydrogen-bond donors (Lipinski definition) is 2. The van der Waals surface area contributed by atoms with Gasteiger partial charge in [0.05, 0.1) is 4.92 Å². The monoisotopic (exact) mass is 335 g/mol. The van der Waals surface area contributed by atoms with Crippen LogP contribution in [0.25, 0.3) is 10.8 Å². The highest BCUT2D eigenvalue weighted by Gasteiger charge is 2.11. The van der Waals surface area contributed by atoms with Gasteiger partial charge in [0, 0.05) is 23.3 Å². The molecular formula is C18H13N3O4. The minimum absolute atomic E-state index is 0.114. The number of fused-ring (bicyclic) bond motifs is 1. The number of hydrogen-bond acceptors (Lipinski definition) is 4. The Morgan fingerprint density at radius 3 is 1.96 bits per heavy atom. The summed E-state index contributed by atoms with van der Waals surface area (Å²) in [4.78, 5) is 34.2. The maximum absolute atomic E-state index is 12.2. The van der Waals surface area contributed by atoms with Crippen molar-refractivity contribution in [2.24, 2.45) is 0 Å². The SMILES string of the molecule is O=C(NNC(=O)c1ccc2ccccc2c1)c1ccc([N+](=O)[O-])cc1. The molecule has 0 atom stereocenters. The predicted molar refractivity (Wildman–Crippen MR) is 92.0 cm³/mol. The van der Waals surface area contributed by atoms with Gasteiger partial charge in [0.25, 0.3) is 17.5 Å². The predicted octanol–water partition coefficient (Wildman–Crippen LogP) is 2.82. The Kier molecular flexibility index (Phi) is 4.38. The number of non-ortho nitro benzene ring substituents is 1. The molecule has 7 heteroatoms. The number of carbonyl (C=O) groups is 2. The molecule has 25 heavy (non-hydrogen) atoms. The van der Waals surface area contributed by atoms with Crippen molar-refractivity contribution >= 4 is 28.3 Å². The molecule has 0 radical (unpaired) electrons. The molecule has 0 unspecified atom stereocenters. The van der Waals surface area contributed by atoms with E-state index in [0.717, 1.165) is 10.8 Å². The Bertz CT molecular complexity index is 967. The van der Waals surface area contributed by atoms with E-state index in [9.17, 15) is 19.7 Å². The van der Waals surface area contributed by atoms with Crippen molar-refractivity contribution in [3.05, 3.63) is 88.0 Å². The average molecular weight is 335 g/mol. The third-order valence-corrected chi connectivity index (χ3v) is 3.64. The number of nitrogens with zero attached hydrogens (tertiary/aromatic N) is 1. The van der Waals surface area contributed by atoms with Gasteiger partial charge in [0.1, 0.15) is 0 Å². The van der Waals surface area contributed by atoms with Gasteiger partial charge in [-0.1, -0.05) is 30.3 Å². The molecule has 0 aromatic heterocycles. The van der Waals surface area contributed by atoms with Crippen LogP contribution in [0.5, 0.6) is 0 Å². The van der Waals surface area contributed by atoms with Gasteiger partial charge in [-0.15, -0.1) is 0 Å². The third-order valence-electron chi connectivity index (χ3n) is 3.64. The lowest BCUT2D eigenvalue weighted by Gasteiger charge is -2.08. The summed E-state index contributed by atoms with van der Waals surface area (Å²) in [6.07, 6.45) is 0. The minimum Gasteiger partial charge on any atom is -0.267 e. The Morgan fingerprint density at radius 2 is 1.32 bits per heavy atom. The highest BCUT2D eigenvalue weighted by atomic mass is 16.6. The standard InChI is InChI=1S/C18H13N3O4/c22-17(13-7-9-16(10-8-13)21(24)25)19-20-18(23)15-6-5-12-3-1-2-4-14(12)11-15/h1-11H,(H,19,22)(H,20,23). The molecule has 0 saturated heterocycles. The fourth-order valence-corrected chi connectivity index (χ4v) is 2.32. The van der Waals surface area contributed by atoms with Crippen LogP contribution in [0.4, 0.5) is 5.69 Å². The molecule has 2 N–H and O–H groups in total. The summed E-state index contributed by atoms with van der Waals surface area (Å²) in [7, 11) is 0. The molecule has 3 aromatic rings. The summed E-state index contributed by atoms with van der Waals surface area (Å²) in [5.41, 5.74) is 5.10. The van der Waals surface area contributed by atoms with Crippen LogP contribution >= 0.6 is 0 Å². The first-order valence-electron chi connectivity index (χ1n) is 7.38. The molecule has 2 amide bonds. The number of amides is 2. The first kappa shape index (κ1) is 16.1. The van der Waals surface area contributed by atoms with E-state index in [2.05, 4.69) is 10.9 Å². The van der Waals surface area contributed by atoms with Crippen LogP contribution in [0, 0.1) is 10.1 Å². The molecule has 3 rings (SSSR count). The fourth-order valence-electron chi connectivity index (χ4n) is 2.32. The summed E-state index contributed by atoms with van der Waals surface area (Å²) < 4.78 is 0. The molecule has 0 aliphatic rings. The van der Waals surface area contributed by atoms with E-state index in [0.29, 0.717) is 5.56 Å². The van der Waals surface area contributed by atoms with Crippen LogP contribution in [0.1, 0.15) is 20.7 Å². The summed E-state index contributed by atoms with van der Waals surface area (Å²) >= 11 is 0. The van der Waals surface area contributed by atoms with Crippen LogP contribution < -0.4 is 10.9 Å². The number of hydrazine groups is 1. The lowest BCUT2D eigenvalue weighted by Crippen LogP contribution is -2.41. The zero-order valence-electron chi connectivity index (χ0n) is 12.9. The van der Waals surface area contributed by atoms with E-state index in [-0.39, 0.29) is 11.3 Å².